The summed E-state index contributed by atoms with van der Waals surface area (Å²) in [5.41, 5.74) is 13.0. The van der Waals surface area contributed by atoms with Crippen molar-refractivity contribution in [2.24, 2.45) is 0 Å². The minimum absolute atomic E-state index is 0.875. The summed E-state index contributed by atoms with van der Waals surface area (Å²) in [6.45, 7) is 0. The SMILES string of the molecule is c1ccc(-c2ccc(N(c3ccc4ccccc4c3)c3cc(-c4cccc5c4c4ccccc4n5-c4ccccc4)c4oc5ccc6ccccc6c5c4c3)cc2)cc1. The Morgan fingerprint density at radius 2 is 1.00 bits per heavy atom. The molecule has 0 spiro atoms. The van der Waals surface area contributed by atoms with E-state index in [1.165, 1.54) is 49.0 Å². The van der Waals surface area contributed by atoms with Crippen molar-refractivity contribution in [1.82, 2.24) is 4.57 Å². The first-order valence-corrected chi connectivity index (χ1v) is 20.2. The Bertz CT molecular complexity index is 3540. The molecule has 12 rings (SSSR count). The van der Waals surface area contributed by atoms with E-state index in [2.05, 4.69) is 228 Å². The predicted molar refractivity (Wildman–Crippen MR) is 249 cm³/mol. The molecule has 3 nitrogen and oxygen atoms in total. The molecule has 2 heterocycles. The number of furan rings is 1. The number of nitrogens with zero attached hydrogens (tertiary/aromatic N) is 2. The Balaban J connectivity index is 1.19. The van der Waals surface area contributed by atoms with Crippen molar-refractivity contribution in [2.75, 3.05) is 4.90 Å². The Labute approximate surface area is 341 Å². The normalized spacial score (nSPS) is 11.7. The summed E-state index contributed by atoms with van der Waals surface area (Å²) in [4.78, 5) is 2.40. The van der Waals surface area contributed by atoms with Gasteiger partial charge in [0.15, 0.2) is 0 Å². The first kappa shape index (κ1) is 33.3. The molecule has 0 atom stereocenters. The highest BCUT2D eigenvalue weighted by atomic mass is 16.3. The fourth-order valence-electron chi connectivity index (χ4n) is 9.26. The molecule has 10 aromatic carbocycles. The summed E-state index contributed by atoms with van der Waals surface area (Å²) in [5.74, 6) is 0. The lowest BCUT2D eigenvalue weighted by Gasteiger charge is -2.27. The number of hydrogen-bond donors (Lipinski definition) is 0. The lowest BCUT2D eigenvalue weighted by Crippen LogP contribution is -2.10. The monoisotopic (exact) mass is 752 g/mol. The van der Waals surface area contributed by atoms with E-state index in [9.17, 15) is 0 Å². The number of hydrogen-bond acceptors (Lipinski definition) is 2. The van der Waals surface area contributed by atoms with Crippen LogP contribution in [0.1, 0.15) is 0 Å². The first-order valence-electron chi connectivity index (χ1n) is 20.2. The van der Waals surface area contributed by atoms with Crippen molar-refractivity contribution in [2.45, 2.75) is 0 Å². The topological polar surface area (TPSA) is 21.3 Å². The average Bonchev–Trinajstić information content (AvgIpc) is 3.86. The molecular weight excluding hydrogens is 717 g/mol. The fraction of sp³-hybridized carbons (Fsp3) is 0. The van der Waals surface area contributed by atoms with Crippen LogP contribution in [0.25, 0.3) is 93.2 Å². The van der Waals surface area contributed by atoms with Gasteiger partial charge < -0.3 is 13.9 Å². The second-order valence-electron chi connectivity index (χ2n) is 15.3. The van der Waals surface area contributed by atoms with Crippen LogP contribution in [0.2, 0.25) is 0 Å². The molecule has 59 heavy (non-hydrogen) atoms. The summed E-state index contributed by atoms with van der Waals surface area (Å²) in [7, 11) is 0. The summed E-state index contributed by atoms with van der Waals surface area (Å²) < 4.78 is 9.43. The number of anilines is 3. The third-order valence-corrected chi connectivity index (χ3v) is 11.9. The van der Waals surface area contributed by atoms with Gasteiger partial charge in [-0.1, -0.05) is 152 Å². The Kier molecular flexibility index (Phi) is 7.54. The molecule has 0 amide bonds. The van der Waals surface area contributed by atoms with Gasteiger partial charge in [0, 0.05) is 49.9 Å². The molecule has 0 N–H and O–H groups in total. The summed E-state index contributed by atoms with van der Waals surface area (Å²) >= 11 is 0. The van der Waals surface area contributed by atoms with Crippen molar-refractivity contribution in [1.29, 1.82) is 0 Å². The van der Waals surface area contributed by atoms with Crippen LogP contribution >= 0.6 is 0 Å². The van der Waals surface area contributed by atoms with Crippen LogP contribution in [-0.4, -0.2) is 4.57 Å². The molecule has 0 aliphatic rings. The molecule has 12 aromatic rings. The van der Waals surface area contributed by atoms with E-state index < -0.39 is 0 Å². The van der Waals surface area contributed by atoms with Crippen LogP contribution in [0.3, 0.4) is 0 Å². The van der Waals surface area contributed by atoms with Crippen molar-refractivity contribution in [3.8, 4) is 27.9 Å². The molecular formula is C56H36N2O. The molecule has 0 bridgehead atoms. The molecule has 0 saturated heterocycles. The van der Waals surface area contributed by atoms with Gasteiger partial charge in [-0.2, -0.15) is 0 Å². The van der Waals surface area contributed by atoms with Gasteiger partial charge in [0.2, 0.25) is 0 Å². The predicted octanol–water partition coefficient (Wildman–Crippen LogP) is 15.8. The third kappa shape index (κ3) is 5.36. The number of aromatic nitrogens is 1. The van der Waals surface area contributed by atoms with E-state index in [1.807, 2.05) is 0 Å². The minimum atomic E-state index is 0.875. The average molecular weight is 753 g/mol. The van der Waals surface area contributed by atoms with Gasteiger partial charge in [-0.05, 0) is 105 Å². The van der Waals surface area contributed by atoms with Crippen molar-refractivity contribution >= 4 is 82.4 Å². The van der Waals surface area contributed by atoms with Crippen molar-refractivity contribution in [3.63, 3.8) is 0 Å². The van der Waals surface area contributed by atoms with E-state index in [0.717, 1.165) is 61.3 Å². The fourth-order valence-corrected chi connectivity index (χ4v) is 9.26. The first-order chi connectivity index (χ1) is 29.3. The maximum atomic E-state index is 7.04. The molecule has 0 aliphatic heterocycles. The van der Waals surface area contributed by atoms with Crippen LogP contribution < -0.4 is 4.90 Å². The molecule has 0 radical (unpaired) electrons. The van der Waals surface area contributed by atoms with Crippen LogP contribution in [0.5, 0.6) is 0 Å². The highest BCUT2D eigenvalue weighted by Crippen LogP contribution is 2.48. The Morgan fingerprint density at radius 3 is 1.83 bits per heavy atom. The van der Waals surface area contributed by atoms with E-state index in [-0.39, 0.29) is 0 Å². The number of para-hydroxylation sites is 2. The molecule has 2 aromatic heterocycles. The van der Waals surface area contributed by atoms with Gasteiger partial charge in [-0.3, -0.25) is 0 Å². The lowest BCUT2D eigenvalue weighted by molar-refractivity contribution is 0.670. The number of benzene rings is 10. The minimum Gasteiger partial charge on any atom is -0.455 e. The zero-order valence-electron chi connectivity index (χ0n) is 32.1. The van der Waals surface area contributed by atoms with Crippen molar-refractivity contribution < 1.29 is 4.42 Å². The molecule has 0 unspecified atom stereocenters. The van der Waals surface area contributed by atoms with Crippen LogP contribution in [0, 0.1) is 0 Å². The van der Waals surface area contributed by atoms with Gasteiger partial charge in [-0.25, -0.2) is 0 Å². The highest BCUT2D eigenvalue weighted by molar-refractivity contribution is 6.24. The van der Waals surface area contributed by atoms with Gasteiger partial charge in [0.25, 0.3) is 0 Å². The van der Waals surface area contributed by atoms with Crippen LogP contribution in [0.15, 0.2) is 223 Å². The largest absolute Gasteiger partial charge is 0.455 e. The summed E-state index contributed by atoms with van der Waals surface area (Å²) in [6.07, 6.45) is 0. The highest BCUT2D eigenvalue weighted by Gasteiger charge is 2.24. The number of fused-ring (bicyclic) bond motifs is 9. The summed E-state index contributed by atoms with van der Waals surface area (Å²) in [5, 5.41) is 9.36. The standard InChI is InChI=1S/C56H36N2O/c1-3-14-37(15-4-1)39-26-30-43(31-27-39)57(44-32-28-38-16-7-8-18-41(38)34-44)45-35-49(56-50(36-45)55-46-21-10-9-17-40(46)29-33-53(55)59-56)47-23-13-25-52-54(47)48-22-11-12-24-51(48)58(52)42-19-5-2-6-20-42/h1-36H. The second kappa shape index (κ2) is 13.4. The Hall–Kier alpha value is -7.88. The quantitative estimate of drug-likeness (QED) is 0.169. The van der Waals surface area contributed by atoms with E-state index >= 15 is 0 Å². The van der Waals surface area contributed by atoms with Gasteiger partial charge in [0.1, 0.15) is 11.2 Å². The molecule has 3 heteroatoms. The van der Waals surface area contributed by atoms with Gasteiger partial charge in [0.05, 0.1) is 11.0 Å². The van der Waals surface area contributed by atoms with E-state index in [0.29, 0.717) is 0 Å². The second-order valence-corrected chi connectivity index (χ2v) is 15.3. The zero-order valence-corrected chi connectivity index (χ0v) is 32.1. The lowest BCUT2D eigenvalue weighted by atomic mass is 9.95. The van der Waals surface area contributed by atoms with Crippen LogP contribution in [-0.2, 0) is 0 Å². The molecule has 0 fully saturated rings. The third-order valence-electron chi connectivity index (χ3n) is 11.9. The maximum absolute atomic E-state index is 7.04. The molecule has 0 aliphatic carbocycles. The molecule has 0 saturated carbocycles. The van der Waals surface area contributed by atoms with Crippen molar-refractivity contribution in [3.05, 3.63) is 218 Å². The maximum Gasteiger partial charge on any atom is 0.143 e. The Morgan fingerprint density at radius 1 is 0.356 bits per heavy atom. The van der Waals surface area contributed by atoms with Gasteiger partial charge in [-0.15, -0.1) is 0 Å². The molecule has 276 valence electrons. The van der Waals surface area contributed by atoms with Gasteiger partial charge >= 0.3 is 0 Å². The van der Waals surface area contributed by atoms with E-state index in [1.54, 1.807) is 0 Å². The zero-order chi connectivity index (χ0) is 38.9. The number of rotatable bonds is 6. The van der Waals surface area contributed by atoms with Crippen LogP contribution in [0.4, 0.5) is 17.1 Å². The summed E-state index contributed by atoms with van der Waals surface area (Å²) in [6, 6.07) is 78.7. The smallest absolute Gasteiger partial charge is 0.143 e. The van der Waals surface area contributed by atoms with E-state index in [4.69, 9.17) is 4.42 Å².